The van der Waals surface area contributed by atoms with Gasteiger partial charge in [0.1, 0.15) is 0 Å². The lowest BCUT2D eigenvalue weighted by atomic mass is 10.4. The second-order valence-corrected chi connectivity index (χ2v) is 3.13. The summed E-state index contributed by atoms with van der Waals surface area (Å²) >= 11 is 11.1. The van der Waals surface area contributed by atoms with Gasteiger partial charge in [0.15, 0.2) is 0 Å². The van der Waals surface area contributed by atoms with E-state index in [9.17, 15) is 0 Å². The normalized spacial score (nSPS) is 9.85. The molecule has 0 radical (unpaired) electrons. The Morgan fingerprint density at radius 1 is 1.54 bits per heavy atom. The Morgan fingerprint density at radius 2 is 2.23 bits per heavy atom. The van der Waals surface area contributed by atoms with Crippen molar-refractivity contribution >= 4 is 23.2 Å². The van der Waals surface area contributed by atoms with Crippen molar-refractivity contribution in [1.29, 1.82) is 0 Å². The van der Waals surface area contributed by atoms with E-state index < -0.39 is 0 Å². The van der Waals surface area contributed by atoms with Crippen molar-refractivity contribution in [3.63, 3.8) is 0 Å². The van der Waals surface area contributed by atoms with E-state index in [-0.39, 0.29) is 0 Å². The first-order valence-corrected chi connectivity index (χ1v) is 5.24. The van der Waals surface area contributed by atoms with Gasteiger partial charge in [-0.15, -0.1) is 17.3 Å². The minimum absolute atomic E-state index is 0.576. The van der Waals surface area contributed by atoms with E-state index in [2.05, 4.69) is 12.7 Å². The highest BCUT2D eigenvalue weighted by atomic mass is 35.5. The van der Waals surface area contributed by atoms with Crippen LogP contribution in [0.1, 0.15) is 20.3 Å². The van der Waals surface area contributed by atoms with Crippen molar-refractivity contribution in [1.82, 2.24) is 4.90 Å². The molecule has 0 saturated carbocycles. The monoisotopic (exact) mass is 219 g/mol. The molecule has 0 aliphatic heterocycles. The van der Waals surface area contributed by atoms with Crippen molar-refractivity contribution < 1.29 is 0 Å². The maximum absolute atomic E-state index is 5.64. The van der Waals surface area contributed by atoms with Crippen LogP contribution in [0.25, 0.3) is 0 Å². The van der Waals surface area contributed by atoms with Gasteiger partial charge < -0.3 is 4.90 Å². The fourth-order valence-electron chi connectivity index (χ4n) is 0.846. The number of halogens is 2. The first kappa shape index (κ1) is 12.6. The lowest BCUT2D eigenvalue weighted by molar-refractivity contribution is 0.497. The zero-order valence-electron chi connectivity index (χ0n) is 8.06. The SMILES string of the molecule is CCC=C=C(C)N(/C=C/Cl)CCCl. The molecule has 0 fully saturated rings. The first-order valence-electron chi connectivity index (χ1n) is 4.27. The predicted molar refractivity (Wildman–Crippen MR) is 60.0 cm³/mol. The molecular weight excluding hydrogens is 205 g/mol. The summed E-state index contributed by atoms with van der Waals surface area (Å²) in [6.07, 6.45) is 4.76. The molecule has 0 saturated heterocycles. The molecule has 0 atom stereocenters. The van der Waals surface area contributed by atoms with Crippen molar-refractivity contribution in [2.75, 3.05) is 12.4 Å². The molecule has 74 valence electrons. The molecule has 0 unspecified atom stereocenters. The largest absolute Gasteiger partial charge is 0.343 e. The van der Waals surface area contributed by atoms with Crippen molar-refractivity contribution in [3.8, 4) is 0 Å². The van der Waals surface area contributed by atoms with E-state index in [1.54, 1.807) is 6.20 Å². The maximum atomic E-state index is 5.64. The molecule has 0 amide bonds. The topological polar surface area (TPSA) is 3.24 Å². The first-order chi connectivity index (χ1) is 6.26. The highest BCUT2D eigenvalue weighted by Crippen LogP contribution is 2.04. The fraction of sp³-hybridized carbons (Fsp3) is 0.500. The Kier molecular flexibility index (Phi) is 8.02. The second-order valence-electron chi connectivity index (χ2n) is 2.50. The van der Waals surface area contributed by atoms with E-state index in [1.807, 2.05) is 17.9 Å². The van der Waals surface area contributed by atoms with Gasteiger partial charge in [0.25, 0.3) is 0 Å². The van der Waals surface area contributed by atoms with Gasteiger partial charge in [-0.25, -0.2) is 0 Å². The van der Waals surface area contributed by atoms with Crippen molar-refractivity contribution in [3.05, 3.63) is 29.2 Å². The van der Waals surface area contributed by atoms with Crippen LogP contribution < -0.4 is 0 Å². The zero-order chi connectivity index (χ0) is 10.1. The molecule has 0 heterocycles. The van der Waals surface area contributed by atoms with E-state index in [4.69, 9.17) is 23.2 Å². The molecule has 0 spiro atoms. The number of nitrogens with zero attached hydrogens (tertiary/aromatic N) is 1. The molecule has 0 aromatic carbocycles. The summed E-state index contributed by atoms with van der Waals surface area (Å²) in [6.45, 7) is 4.81. The third kappa shape index (κ3) is 5.81. The van der Waals surface area contributed by atoms with Crippen LogP contribution in [0, 0.1) is 0 Å². The van der Waals surface area contributed by atoms with Gasteiger partial charge >= 0.3 is 0 Å². The van der Waals surface area contributed by atoms with Gasteiger partial charge in [0.05, 0.1) is 5.70 Å². The van der Waals surface area contributed by atoms with Gasteiger partial charge in [-0.1, -0.05) is 18.5 Å². The van der Waals surface area contributed by atoms with Crippen LogP contribution in [-0.2, 0) is 0 Å². The van der Waals surface area contributed by atoms with E-state index in [0.717, 1.165) is 18.7 Å². The summed E-state index contributed by atoms with van der Waals surface area (Å²) in [6, 6.07) is 0. The molecule has 3 heteroatoms. The van der Waals surface area contributed by atoms with Gasteiger partial charge in [-0.05, 0) is 19.4 Å². The lowest BCUT2D eigenvalue weighted by Crippen LogP contribution is -2.16. The van der Waals surface area contributed by atoms with E-state index in [1.165, 1.54) is 5.54 Å². The third-order valence-electron chi connectivity index (χ3n) is 1.51. The molecule has 0 aromatic heterocycles. The third-order valence-corrected chi connectivity index (χ3v) is 1.79. The Hall–Kier alpha value is -0.360. The van der Waals surface area contributed by atoms with Crippen LogP contribution in [0.3, 0.4) is 0 Å². The number of hydrogen-bond donors (Lipinski definition) is 0. The number of rotatable bonds is 5. The standard InChI is InChI=1S/C10H15Cl2N/c1-3-4-5-10(2)13(8-6-11)9-7-12/h4,6,8H,3,7,9H2,1-2H3/b8-6+. The summed E-state index contributed by atoms with van der Waals surface area (Å²) in [7, 11) is 0. The Morgan fingerprint density at radius 3 is 2.69 bits per heavy atom. The molecule has 0 aliphatic rings. The molecule has 13 heavy (non-hydrogen) atoms. The minimum Gasteiger partial charge on any atom is -0.343 e. The highest BCUT2D eigenvalue weighted by Gasteiger charge is 1.98. The van der Waals surface area contributed by atoms with Crippen LogP contribution in [0.15, 0.2) is 29.2 Å². The molecular formula is C10H15Cl2N. The fourth-order valence-corrected chi connectivity index (χ4v) is 1.16. The number of alkyl halides is 1. The maximum Gasteiger partial charge on any atom is 0.0569 e. The van der Waals surface area contributed by atoms with Crippen LogP contribution in [0.2, 0.25) is 0 Å². The molecule has 0 aromatic rings. The molecule has 1 nitrogen and oxygen atoms in total. The van der Waals surface area contributed by atoms with Crippen molar-refractivity contribution in [2.24, 2.45) is 0 Å². The van der Waals surface area contributed by atoms with Crippen LogP contribution >= 0.6 is 23.2 Å². The molecule has 0 N–H and O–H groups in total. The Bertz CT molecular complexity index is 215. The molecule has 0 rings (SSSR count). The van der Waals surface area contributed by atoms with Gasteiger partial charge in [-0.3, -0.25) is 0 Å². The second kappa shape index (κ2) is 8.25. The van der Waals surface area contributed by atoms with E-state index >= 15 is 0 Å². The lowest BCUT2D eigenvalue weighted by Gasteiger charge is -2.17. The van der Waals surface area contributed by atoms with Crippen LogP contribution in [0.5, 0.6) is 0 Å². The minimum atomic E-state index is 0.576. The number of hydrogen-bond acceptors (Lipinski definition) is 1. The number of allylic oxidation sites excluding steroid dienone is 1. The van der Waals surface area contributed by atoms with Crippen LogP contribution in [-0.4, -0.2) is 17.3 Å². The summed E-state index contributed by atoms with van der Waals surface area (Å²) in [5.41, 5.74) is 5.65. The summed E-state index contributed by atoms with van der Waals surface area (Å²) in [5, 5.41) is 0. The Balaban J connectivity index is 4.44. The van der Waals surface area contributed by atoms with Gasteiger partial charge in [-0.2, -0.15) is 0 Å². The average molecular weight is 220 g/mol. The zero-order valence-corrected chi connectivity index (χ0v) is 9.57. The molecule has 0 aliphatic carbocycles. The predicted octanol–water partition coefficient (Wildman–Crippen LogP) is 3.71. The van der Waals surface area contributed by atoms with Gasteiger partial charge in [0.2, 0.25) is 0 Å². The molecule has 0 bridgehead atoms. The summed E-state index contributed by atoms with van der Waals surface area (Å²) in [4.78, 5) is 1.96. The van der Waals surface area contributed by atoms with Crippen molar-refractivity contribution in [2.45, 2.75) is 20.3 Å². The Labute approximate surface area is 90.3 Å². The van der Waals surface area contributed by atoms with E-state index in [0.29, 0.717) is 5.88 Å². The smallest absolute Gasteiger partial charge is 0.0569 e. The summed E-state index contributed by atoms with van der Waals surface area (Å²) in [5.74, 6) is 0.576. The highest BCUT2D eigenvalue weighted by molar-refractivity contribution is 6.25. The van der Waals surface area contributed by atoms with Gasteiger partial charge in [0, 0.05) is 24.2 Å². The average Bonchev–Trinajstić information content (AvgIpc) is 2.14. The van der Waals surface area contributed by atoms with Crippen LogP contribution in [0.4, 0.5) is 0 Å². The summed E-state index contributed by atoms with van der Waals surface area (Å²) < 4.78 is 0. The quantitative estimate of drug-likeness (QED) is 0.504.